The Morgan fingerprint density at radius 1 is 1.54 bits per heavy atom. The van der Waals surface area contributed by atoms with Crippen LogP contribution in [0.2, 0.25) is 0 Å². The van der Waals surface area contributed by atoms with Crippen LogP contribution in [0.15, 0.2) is 26.7 Å². The number of phenolic OH excluding ortho intramolecular Hbond substituents is 1. The summed E-state index contributed by atoms with van der Waals surface area (Å²) in [4.78, 5) is 25.6. The lowest BCUT2D eigenvalue weighted by Gasteiger charge is -2.04. The van der Waals surface area contributed by atoms with E-state index < -0.39 is 10.9 Å². The summed E-state index contributed by atoms with van der Waals surface area (Å²) in [5.41, 5.74) is -0.293. The third-order valence-electron chi connectivity index (χ3n) is 2.83. The van der Waals surface area contributed by atoms with E-state index in [0.29, 0.717) is 12.2 Å². The quantitative estimate of drug-likeness (QED) is 0.283. The van der Waals surface area contributed by atoms with E-state index in [0.717, 1.165) is 30.0 Å². The molecule has 0 amide bonds. The van der Waals surface area contributed by atoms with Gasteiger partial charge in [-0.05, 0) is 33.8 Å². The van der Waals surface area contributed by atoms with Crippen LogP contribution in [0.25, 0.3) is 6.08 Å². The normalized spacial score (nSPS) is 11.5. The molecule has 0 saturated heterocycles. The first kappa shape index (κ1) is 17.9. The molecule has 1 aromatic carbocycles. The zero-order chi connectivity index (χ0) is 17.9. The molecule has 0 saturated carbocycles. The van der Waals surface area contributed by atoms with Crippen molar-refractivity contribution in [2.24, 2.45) is 0 Å². The number of nitro benzene ring substituents is 1. The van der Waals surface area contributed by atoms with Crippen molar-refractivity contribution in [2.45, 2.75) is 18.5 Å². The largest absolute Gasteiger partial charge is 0.506 e. The molecular weight excluding hydrogens is 404 g/mol. The van der Waals surface area contributed by atoms with Crippen LogP contribution in [0.5, 0.6) is 5.75 Å². The SMILES string of the molecule is CCc1nc(S/C(=C\c2cc([N+](=O)[O-])cc(Br)c2O)C(=O)O)n[nH]1. The molecule has 3 N–H and O–H groups in total. The summed E-state index contributed by atoms with van der Waals surface area (Å²) >= 11 is 3.77. The number of H-pyrrole nitrogens is 1. The van der Waals surface area contributed by atoms with Crippen molar-refractivity contribution in [3.63, 3.8) is 0 Å². The highest BCUT2D eigenvalue weighted by atomic mass is 79.9. The molecule has 1 heterocycles. The Kier molecular flexibility index (Phi) is 5.57. The Labute approximate surface area is 148 Å². The number of aromatic hydroxyl groups is 1. The minimum Gasteiger partial charge on any atom is -0.506 e. The highest BCUT2D eigenvalue weighted by Gasteiger charge is 2.18. The fourth-order valence-corrected chi connectivity index (χ4v) is 2.86. The second kappa shape index (κ2) is 7.45. The number of thioether (sulfide) groups is 1. The van der Waals surface area contributed by atoms with Gasteiger partial charge in [-0.1, -0.05) is 6.92 Å². The number of phenols is 1. The smallest absolute Gasteiger partial charge is 0.342 e. The number of carbonyl (C=O) groups is 1. The van der Waals surface area contributed by atoms with Crippen LogP contribution < -0.4 is 0 Å². The summed E-state index contributed by atoms with van der Waals surface area (Å²) in [5.74, 6) is -0.975. The van der Waals surface area contributed by atoms with Gasteiger partial charge in [0.1, 0.15) is 16.5 Å². The number of aryl methyl sites for hydroxylation is 1. The Balaban J connectivity index is 2.43. The summed E-state index contributed by atoms with van der Waals surface area (Å²) in [6, 6.07) is 2.21. The summed E-state index contributed by atoms with van der Waals surface area (Å²) < 4.78 is 0.0869. The molecule has 0 radical (unpaired) electrons. The molecule has 0 aliphatic heterocycles. The number of hydrogen-bond acceptors (Lipinski definition) is 7. The number of hydrogen-bond donors (Lipinski definition) is 3. The number of non-ortho nitro benzene ring substituents is 1. The summed E-state index contributed by atoms with van der Waals surface area (Å²) in [7, 11) is 0. The highest BCUT2D eigenvalue weighted by Crippen LogP contribution is 2.35. The molecule has 0 aliphatic rings. The van der Waals surface area contributed by atoms with Crippen LogP contribution in [0.1, 0.15) is 18.3 Å². The van der Waals surface area contributed by atoms with Gasteiger partial charge < -0.3 is 10.2 Å². The molecule has 0 fully saturated rings. The fourth-order valence-electron chi connectivity index (χ4n) is 1.68. The van der Waals surface area contributed by atoms with Crippen molar-refractivity contribution in [3.05, 3.63) is 43.0 Å². The number of rotatable bonds is 6. The van der Waals surface area contributed by atoms with Gasteiger partial charge >= 0.3 is 5.97 Å². The van der Waals surface area contributed by atoms with Crippen molar-refractivity contribution in [1.82, 2.24) is 15.2 Å². The van der Waals surface area contributed by atoms with Crippen LogP contribution in [-0.4, -0.2) is 36.3 Å². The topological polar surface area (TPSA) is 142 Å². The molecule has 9 nitrogen and oxygen atoms in total. The molecule has 2 rings (SSSR count). The van der Waals surface area contributed by atoms with E-state index >= 15 is 0 Å². The van der Waals surface area contributed by atoms with Gasteiger partial charge in [-0.3, -0.25) is 15.2 Å². The molecule has 126 valence electrons. The van der Waals surface area contributed by atoms with Crippen LogP contribution in [0, 0.1) is 10.1 Å². The number of aromatic amines is 1. The molecule has 0 aliphatic carbocycles. The number of nitro groups is 1. The molecule has 2 aromatic rings. The summed E-state index contributed by atoms with van der Waals surface area (Å²) in [6.07, 6.45) is 1.74. The Morgan fingerprint density at radius 2 is 2.25 bits per heavy atom. The Morgan fingerprint density at radius 3 is 2.79 bits per heavy atom. The van der Waals surface area contributed by atoms with Gasteiger partial charge in [0.15, 0.2) is 0 Å². The molecule has 0 bridgehead atoms. The van der Waals surface area contributed by atoms with E-state index in [9.17, 15) is 25.1 Å². The lowest BCUT2D eigenvalue weighted by atomic mass is 10.1. The van der Waals surface area contributed by atoms with E-state index in [4.69, 9.17) is 0 Å². The lowest BCUT2D eigenvalue weighted by Crippen LogP contribution is -1.98. The molecule has 24 heavy (non-hydrogen) atoms. The van der Waals surface area contributed by atoms with Gasteiger partial charge in [-0.15, -0.1) is 5.10 Å². The minimum absolute atomic E-state index is 0.00720. The zero-order valence-corrected chi connectivity index (χ0v) is 14.6. The third kappa shape index (κ3) is 4.11. The average Bonchev–Trinajstić information content (AvgIpc) is 2.98. The van der Waals surface area contributed by atoms with Gasteiger partial charge in [0, 0.05) is 24.1 Å². The first-order valence-corrected chi connectivity index (χ1v) is 8.13. The van der Waals surface area contributed by atoms with Gasteiger partial charge in [0.2, 0.25) is 5.16 Å². The Bertz CT molecular complexity index is 836. The zero-order valence-electron chi connectivity index (χ0n) is 12.2. The van der Waals surface area contributed by atoms with E-state index in [1.165, 1.54) is 0 Å². The fraction of sp³-hybridized carbons (Fsp3) is 0.154. The number of nitrogens with one attached hydrogen (secondary N) is 1. The molecule has 0 unspecified atom stereocenters. The molecule has 11 heteroatoms. The molecule has 0 atom stereocenters. The average molecular weight is 415 g/mol. The first-order valence-electron chi connectivity index (χ1n) is 6.52. The maximum absolute atomic E-state index is 11.4. The van der Waals surface area contributed by atoms with E-state index in [2.05, 4.69) is 31.1 Å². The van der Waals surface area contributed by atoms with Crippen LogP contribution >= 0.6 is 27.7 Å². The van der Waals surface area contributed by atoms with Crippen molar-refractivity contribution in [1.29, 1.82) is 0 Å². The maximum atomic E-state index is 11.4. The predicted molar refractivity (Wildman–Crippen MR) is 89.7 cm³/mol. The minimum atomic E-state index is -1.27. The van der Waals surface area contributed by atoms with E-state index in [1.807, 2.05) is 6.92 Å². The number of carboxylic acids is 1. The second-order valence-electron chi connectivity index (χ2n) is 4.46. The van der Waals surface area contributed by atoms with Crippen LogP contribution in [0.3, 0.4) is 0 Å². The van der Waals surface area contributed by atoms with Crippen LogP contribution in [0.4, 0.5) is 5.69 Å². The summed E-state index contributed by atoms with van der Waals surface area (Å²) in [5, 5.41) is 36.9. The molecule has 1 aromatic heterocycles. The van der Waals surface area contributed by atoms with Gasteiger partial charge in [-0.25, -0.2) is 9.78 Å². The standard InChI is InChI=1S/C13H11BrN4O5S/c1-2-10-15-13(17-16-10)24-9(12(20)21)4-6-3-7(18(22)23)5-8(14)11(6)19/h3-5,19H,2H2,1H3,(H,20,21)(H,15,16,17)/b9-4-. The number of carboxylic acid groups (broad SMARTS) is 1. The second-order valence-corrected chi connectivity index (χ2v) is 6.32. The number of benzene rings is 1. The molecular formula is C13H11BrN4O5S. The predicted octanol–water partition coefficient (Wildman–Crippen LogP) is 2.96. The number of halogens is 1. The van der Waals surface area contributed by atoms with Gasteiger partial charge in [-0.2, -0.15) is 0 Å². The third-order valence-corrected chi connectivity index (χ3v) is 4.32. The van der Waals surface area contributed by atoms with Gasteiger partial charge in [0.05, 0.1) is 9.40 Å². The number of nitrogens with zero attached hydrogens (tertiary/aromatic N) is 3. The van der Waals surface area contributed by atoms with Crippen LogP contribution in [-0.2, 0) is 11.2 Å². The number of aliphatic carboxylic acids is 1. The van der Waals surface area contributed by atoms with E-state index in [1.54, 1.807) is 0 Å². The lowest BCUT2D eigenvalue weighted by molar-refractivity contribution is -0.385. The summed E-state index contributed by atoms with van der Waals surface area (Å²) in [6.45, 7) is 1.86. The highest BCUT2D eigenvalue weighted by molar-refractivity contribution is 9.10. The van der Waals surface area contributed by atoms with E-state index in [-0.39, 0.29) is 31.5 Å². The van der Waals surface area contributed by atoms with Crippen molar-refractivity contribution < 1.29 is 19.9 Å². The van der Waals surface area contributed by atoms with Gasteiger partial charge in [0.25, 0.3) is 5.69 Å². The molecule has 0 spiro atoms. The van der Waals surface area contributed by atoms with Crippen molar-refractivity contribution >= 4 is 45.4 Å². The monoisotopic (exact) mass is 414 g/mol. The van der Waals surface area contributed by atoms with Crippen molar-refractivity contribution in [2.75, 3.05) is 0 Å². The van der Waals surface area contributed by atoms with Crippen molar-refractivity contribution in [3.8, 4) is 5.75 Å². The first-order chi connectivity index (χ1) is 11.3. The maximum Gasteiger partial charge on any atom is 0.342 e. The Hall–Kier alpha value is -2.40. The number of aromatic nitrogens is 3.